The molecule has 2 rings (SSSR count). The van der Waals surface area contributed by atoms with Crippen LogP contribution in [0.25, 0.3) is 0 Å². The van der Waals surface area contributed by atoms with Crippen LogP contribution in [0.2, 0.25) is 0 Å². The van der Waals surface area contributed by atoms with Gasteiger partial charge in [-0.3, -0.25) is 4.98 Å². The summed E-state index contributed by atoms with van der Waals surface area (Å²) in [5, 5.41) is 3.62. The maximum Gasteiger partial charge on any atom is 0.0447 e. The molecular weight excluding hydrogens is 172 g/mol. The van der Waals surface area contributed by atoms with Crippen molar-refractivity contribution < 1.29 is 0 Å². The van der Waals surface area contributed by atoms with Gasteiger partial charge in [0.25, 0.3) is 0 Å². The third-order valence-electron chi connectivity index (χ3n) is 3.31. The monoisotopic (exact) mass is 190 g/mol. The van der Waals surface area contributed by atoms with Gasteiger partial charge in [0.05, 0.1) is 0 Å². The van der Waals surface area contributed by atoms with Crippen LogP contribution in [0.1, 0.15) is 37.4 Å². The first-order valence-electron chi connectivity index (χ1n) is 5.45. The third kappa shape index (κ3) is 1.55. The molecule has 2 nitrogen and oxygen atoms in total. The fraction of sp³-hybridized carbons (Fsp3) is 0.583. The smallest absolute Gasteiger partial charge is 0.0447 e. The van der Waals surface area contributed by atoms with Gasteiger partial charge in [-0.25, -0.2) is 0 Å². The van der Waals surface area contributed by atoms with Crippen LogP contribution in [0.15, 0.2) is 18.3 Å². The predicted octanol–water partition coefficient (Wildman–Crippen LogP) is 2.38. The highest BCUT2D eigenvalue weighted by Crippen LogP contribution is 2.33. The molecule has 76 valence electrons. The van der Waals surface area contributed by atoms with Gasteiger partial charge in [0.1, 0.15) is 0 Å². The Bertz CT molecular complexity index is 297. The van der Waals surface area contributed by atoms with E-state index in [1.807, 2.05) is 13.1 Å². The SMILES string of the molecule is CCC1(c2ccc(C)nc2)CCCN1. The first-order valence-corrected chi connectivity index (χ1v) is 5.45. The largest absolute Gasteiger partial charge is 0.307 e. The van der Waals surface area contributed by atoms with Crippen molar-refractivity contribution in [3.63, 3.8) is 0 Å². The van der Waals surface area contributed by atoms with E-state index in [1.165, 1.54) is 18.4 Å². The summed E-state index contributed by atoms with van der Waals surface area (Å²) in [4.78, 5) is 4.38. The maximum atomic E-state index is 4.38. The number of aryl methyl sites for hydroxylation is 1. The molecule has 0 amide bonds. The maximum absolute atomic E-state index is 4.38. The van der Waals surface area contributed by atoms with Crippen LogP contribution in [-0.4, -0.2) is 11.5 Å². The van der Waals surface area contributed by atoms with Gasteiger partial charge in [-0.05, 0) is 44.4 Å². The lowest BCUT2D eigenvalue weighted by Gasteiger charge is -2.28. The van der Waals surface area contributed by atoms with Gasteiger partial charge < -0.3 is 5.32 Å². The fourth-order valence-electron chi connectivity index (χ4n) is 2.31. The molecule has 1 aliphatic heterocycles. The Morgan fingerprint density at radius 1 is 1.50 bits per heavy atom. The number of hydrogen-bond donors (Lipinski definition) is 1. The molecule has 2 heterocycles. The first kappa shape index (κ1) is 9.66. The van der Waals surface area contributed by atoms with Gasteiger partial charge in [-0.1, -0.05) is 13.0 Å². The van der Waals surface area contributed by atoms with Crippen molar-refractivity contribution in [2.45, 2.75) is 38.6 Å². The molecule has 1 atom stereocenters. The van der Waals surface area contributed by atoms with Crippen molar-refractivity contribution in [3.05, 3.63) is 29.6 Å². The van der Waals surface area contributed by atoms with Gasteiger partial charge in [-0.2, -0.15) is 0 Å². The lowest BCUT2D eigenvalue weighted by Crippen LogP contribution is -2.36. The molecule has 1 aliphatic rings. The van der Waals surface area contributed by atoms with E-state index >= 15 is 0 Å². The van der Waals surface area contributed by atoms with Crippen LogP contribution in [0, 0.1) is 6.92 Å². The lowest BCUT2D eigenvalue weighted by molar-refractivity contribution is 0.375. The summed E-state index contributed by atoms with van der Waals surface area (Å²) in [6.45, 7) is 5.42. The van der Waals surface area contributed by atoms with Crippen LogP contribution in [0.4, 0.5) is 0 Å². The molecule has 0 radical (unpaired) electrons. The molecule has 1 aromatic rings. The number of rotatable bonds is 2. The number of aromatic nitrogens is 1. The van der Waals surface area contributed by atoms with E-state index in [-0.39, 0.29) is 5.54 Å². The summed E-state index contributed by atoms with van der Waals surface area (Å²) in [5.74, 6) is 0. The second kappa shape index (κ2) is 3.70. The van der Waals surface area contributed by atoms with Crippen LogP contribution < -0.4 is 5.32 Å². The number of nitrogens with one attached hydrogen (secondary N) is 1. The summed E-state index contributed by atoms with van der Waals surface area (Å²) in [7, 11) is 0. The van der Waals surface area contributed by atoms with E-state index in [0.29, 0.717) is 0 Å². The third-order valence-corrected chi connectivity index (χ3v) is 3.31. The lowest BCUT2D eigenvalue weighted by atomic mass is 9.87. The second-order valence-electron chi connectivity index (χ2n) is 4.15. The highest BCUT2D eigenvalue weighted by molar-refractivity contribution is 5.24. The van der Waals surface area contributed by atoms with Crippen molar-refractivity contribution in [1.82, 2.24) is 10.3 Å². The fourth-order valence-corrected chi connectivity index (χ4v) is 2.31. The molecule has 0 spiro atoms. The minimum atomic E-state index is 0.209. The minimum absolute atomic E-state index is 0.209. The highest BCUT2D eigenvalue weighted by atomic mass is 15.0. The molecule has 0 aromatic carbocycles. The van der Waals surface area contributed by atoms with Gasteiger partial charge in [0.15, 0.2) is 0 Å². The second-order valence-corrected chi connectivity index (χ2v) is 4.15. The quantitative estimate of drug-likeness (QED) is 0.774. The summed E-state index contributed by atoms with van der Waals surface area (Å²) in [6, 6.07) is 4.32. The summed E-state index contributed by atoms with van der Waals surface area (Å²) >= 11 is 0. The number of pyridine rings is 1. The van der Waals surface area contributed by atoms with Gasteiger partial charge >= 0.3 is 0 Å². The number of hydrogen-bond acceptors (Lipinski definition) is 2. The minimum Gasteiger partial charge on any atom is -0.307 e. The van der Waals surface area contributed by atoms with Crippen molar-refractivity contribution >= 4 is 0 Å². The van der Waals surface area contributed by atoms with Crippen molar-refractivity contribution in [2.24, 2.45) is 0 Å². The van der Waals surface area contributed by atoms with Gasteiger partial charge in [-0.15, -0.1) is 0 Å². The van der Waals surface area contributed by atoms with Crippen molar-refractivity contribution in [2.75, 3.05) is 6.54 Å². The van der Waals surface area contributed by atoms with Gasteiger partial charge in [0, 0.05) is 17.4 Å². The first-order chi connectivity index (χ1) is 6.77. The molecular formula is C12H18N2. The molecule has 1 fully saturated rings. The Hall–Kier alpha value is -0.890. The van der Waals surface area contributed by atoms with Crippen molar-refractivity contribution in [1.29, 1.82) is 0 Å². The molecule has 0 saturated carbocycles. The average molecular weight is 190 g/mol. The molecule has 2 heteroatoms. The zero-order valence-electron chi connectivity index (χ0n) is 9.01. The summed E-state index contributed by atoms with van der Waals surface area (Å²) < 4.78 is 0. The summed E-state index contributed by atoms with van der Waals surface area (Å²) in [6.07, 6.45) is 5.70. The average Bonchev–Trinajstić information content (AvgIpc) is 2.68. The van der Waals surface area contributed by atoms with E-state index < -0.39 is 0 Å². The Kier molecular flexibility index (Phi) is 2.55. The van der Waals surface area contributed by atoms with Crippen LogP contribution in [0.3, 0.4) is 0 Å². The molecule has 0 aliphatic carbocycles. The topological polar surface area (TPSA) is 24.9 Å². The normalized spacial score (nSPS) is 26.7. The zero-order valence-corrected chi connectivity index (χ0v) is 9.01. The van der Waals surface area contributed by atoms with E-state index in [0.717, 1.165) is 18.7 Å². The highest BCUT2D eigenvalue weighted by Gasteiger charge is 2.33. The molecule has 1 saturated heterocycles. The van der Waals surface area contributed by atoms with E-state index in [9.17, 15) is 0 Å². The summed E-state index contributed by atoms with van der Waals surface area (Å²) in [5.41, 5.74) is 2.65. The standard InChI is InChI=1S/C12H18N2/c1-3-12(7-4-8-14-12)11-6-5-10(2)13-9-11/h5-6,9,14H,3-4,7-8H2,1-2H3. The Labute approximate surface area is 85.7 Å². The predicted molar refractivity (Wildman–Crippen MR) is 58.2 cm³/mol. The van der Waals surface area contributed by atoms with E-state index in [2.05, 4.69) is 29.4 Å². The molecule has 14 heavy (non-hydrogen) atoms. The van der Waals surface area contributed by atoms with Crippen LogP contribution >= 0.6 is 0 Å². The van der Waals surface area contributed by atoms with E-state index in [4.69, 9.17) is 0 Å². The molecule has 1 unspecified atom stereocenters. The number of nitrogens with zero attached hydrogens (tertiary/aromatic N) is 1. The van der Waals surface area contributed by atoms with Crippen LogP contribution in [0.5, 0.6) is 0 Å². The molecule has 1 aromatic heterocycles. The van der Waals surface area contributed by atoms with Crippen molar-refractivity contribution in [3.8, 4) is 0 Å². The zero-order chi connectivity index (χ0) is 10.0. The Morgan fingerprint density at radius 3 is 2.86 bits per heavy atom. The molecule has 1 N–H and O–H groups in total. The van der Waals surface area contributed by atoms with Crippen LogP contribution in [-0.2, 0) is 5.54 Å². The Balaban J connectivity index is 2.31. The van der Waals surface area contributed by atoms with Gasteiger partial charge in [0.2, 0.25) is 0 Å². The van der Waals surface area contributed by atoms with E-state index in [1.54, 1.807) is 0 Å². The molecule has 0 bridgehead atoms. The Morgan fingerprint density at radius 2 is 2.36 bits per heavy atom.